The fourth-order valence-corrected chi connectivity index (χ4v) is 3.73. The quantitative estimate of drug-likeness (QED) is 0.499. The van der Waals surface area contributed by atoms with Crippen LogP contribution in [0.5, 0.6) is 0 Å². The van der Waals surface area contributed by atoms with Crippen LogP contribution in [-0.4, -0.2) is 29.9 Å². The third kappa shape index (κ3) is 4.25. The van der Waals surface area contributed by atoms with Gasteiger partial charge in [-0.15, -0.1) is 6.58 Å². The van der Waals surface area contributed by atoms with Crippen LogP contribution in [0.4, 0.5) is 0 Å². The summed E-state index contributed by atoms with van der Waals surface area (Å²) in [7, 11) is 0. The first-order chi connectivity index (χ1) is 14.0. The average molecular weight is 394 g/mol. The minimum Gasteiger partial charge on any atom is -0.448 e. The molecule has 0 bridgehead atoms. The van der Waals surface area contributed by atoms with Crippen LogP contribution in [0.2, 0.25) is 0 Å². The standard InChI is InChI=1S/C24H26O5/c1-4-16-24(29-22(26)19-14-10-7-11-15-19)17(3)20(5-2)27-23(24)28-21(25)18-12-8-6-9-13-18/h4,6-15,17,20,23H,1,5,16H2,2-3H3/t17-,20-,23?,24-/m1/s1. The van der Waals surface area contributed by atoms with Crippen LogP contribution in [0.1, 0.15) is 47.4 Å². The molecule has 1 aliphatic heterocycles. The number of esters is 2. The summed E-state index contributed by atoms with van der Waals surface area (Å²) in [4.78, 5) is 25.6. The molecule has 1 aliphatic rings. The van der Waals surface area contributed by atoms with Gasteiger partial charge >= 0.3 is 11.9 Å². The second kappa shape index (κ2) is 9.05. The van der Waals surface area contributed by atoms with E-state index in [2.05, 4.69) is 6.58 Å². The first-order valence-corrected chi connectivity index (χ1v) is 9.82. The summed E-state index contributed by atoms with van der Waals surface area (Å²) in [6.07, 6.45) is 1.42. The molecule has 152 valence electrons. The van der Waals surface area contributed by atoms with Crippen molar-refractivity contribution >= 4 is 11.9 Å². The van der Waals surface area contributed by atoms with Crippen molar-refractivity contribution in [2.45, 2.75) is 44.7 Å². The monoisotopic (exact) mass is 394 g/mol. The minimum absolute atomic E-state index is 0.188. The summed E-state index contributed by atoms with van der Waals surface area (Å²) < 4.78 is 17.8. The Morgan fingerprint density at radius 1 is 1.03 bits per heavy atom. The molecule has 0 saturated carbocycles. The molecule has 5 heteroatoms. The van der Waals surface area contributed by atoms with E-state index in [1.807, 2.05) is 26.0 Å². The maximum absolute atomic E-state index is 12.9. The van der Waals surface area contributed by atoms with Crippen molar-refractivity contribution in [2.75, 3.05) is 0 Å². The van der Waals surface area contributed by atoms with Crippen LogP contribution >= 0.6 is 0 Å². The van der Waals surface area contributed by atoms with Crippen molar-refractivity contribution in [3.63, 3.8) is 0 Å². The van der Waals surface area contributed by atoms with Gasteiger partial charge in [-0.05, 0) is 30.7 Å². The van der Waals surface area contributed by atoms with Crippen LogP contribution in [0, 0.1) is 5.92 Å². The molecule has 1 saturated heterocycles. The van der Waals surface area contributed by atoms with Crippen molar-refractivity contribution in [2.24, 2.45) is 5.92 Å². The highest BCUT2D eigenvalue weighted by atomic mass is 16.7. The zero-order valence-electron chi connectivity index (χ0n) is 16.7. The van der Waals surface area contributed by atoms with E-state index >= 15 is 0 Å². The molecule has 0 N–H and O–H groups in total. The van der Waals surface area contributed by atoms with Crippen molar-refractivity contribution in [3.05, 3.63) is 84.4 Å². The van der Waals surface area contributed by atoms with Crippen LogP contribution < -0.4 is 0 Å². The highest BCUT2D eigenvalue weighted by Gasteiger charge is 2.58. The zero-order chi connectivity index (χ0) is 20.9. The van der Waals surface area contributed by atoms with Crippen molar-refractivity contribution in [3.8, 4) is 0 Å². The summed E-state index contributed by atoms with van der Waals surface area (Å²) in [5.41, 5.74) is -0.318. The number of hydrogen-bond donors (Lipinski definition) is 0. The van der Waals surface area contributed by atoms with E-state index < -0.39 is 23.8 Å². The summed E-state index contributed by atoms with van der Waals surface area (Å²) in [6, 6.07) is 17.4. The lowest BCUT2D eigenvalue weighted by atomic mass is 9.83. The van der Waals surface area contributed by atoms with Gasteiger partial charge in [-0.2, -0.15) is 0 Å². The fraction of sp³-hybridized carbons (Fsp3) is 0.333. The molecule has 0 radical (unpaired) electrons. The Hall–Kier alpha value is -2.92. The summed E-state index contributed by atoms with van der Waals surface area (Å²) in [5, 5.41) is 0. The summed E-state index contributed by atoms with van der Waals surface area (Å²) in [6.45, 7) is 7.76. The molecule has 0 aliphatic carbocycles. The number of rotatable bonds is 7. The molecule has 1 heterocycles. The number of carbonyl (C=O) groups is 2. The zero-order valence-corrected chi connectivity index (χ0v) is 16.7. The molecule has 1 unspecified atom stereocenters. The van der Waals surface area contributed by atoms with Gasteiger partial charge in [0.05, 0.1) is 17.2 Å². The van der Waals surface area contributed by atoms with Crippen LogP contribution in [-0.2, 0) is 14.2 Å². The van der Waals surface area contributed by atoms with E-state index in [1.54, 1.807) is 54.6 Å². The average Bonchev–Trinajstić information content (AvgIpc) is 3.00. The van der Waals surface area contributed by atoms with E-state index in [1.165, 1.54) is 0 Å². The Morgan fingerprint density at radius 2 is 1.59 bits per heavy atom. The lowest BCUT2D eigenvalue weighted by Crippen LogP contribution is -2.49. The molecule has 0 spiro atoms. The highest BCUT2D eigenvalue weighted by Crippen LogP contribution is 2.44. The Bertz CT molecular complexity index is 848. The Balaban J connectivity index is 1.92. The first kappa shape index (κ1) is 20.8. The lowest BCUT2D eigenvalue weighted by Gasteiger charge is -2.35. The van der Waals surface area contributed by atoms with Gasteiger partial charge in [0.2, 0.25) is 6.29 Å². The van der Waals surface area contributed by atoms with Gasteiger partial charge in [-0.1, -0.05) is 56.3 Å². The maximum Gasteiger partial charge on any atom is 0.340 e. The smallest absolute Gasteiger partial charge is 0.340 e. The molecular weight excluding hydrogens is 368 g/mol. The van der Waals surface area contributed by atoms with Gasteiger partial charge in [0.1, 0.15) is 0 Å². The van der Waals surface area contributed by atoms with Gasteiger partial charge in [0.25, 0.3) is 0 Å². The normalized spacial score (nSPS) is 25.9. The van der Waals surface area contributed by atoms with Gasteiger partial charge in [-0.3, -0.25) is 0 Å². The third-order valence-electron chi connectivity index (χ3n) is 5.41. The van der Waals surface area contributed by atoms with E-state index in [0.29, 0.717) is 24.0 Å². The Labute approximate surface area is 171 Å². The second-order valence-electron chi connectivity index (χ2n) is 7.18. The number of hydrogen-bond acceptors (Lipinski definition) is 5. The SMILES string of the molecule is C=CC[C@]1(OC(=O)c2ccccc2)C(OC(=O)c2ccccc2)O[C@H](CC)[C@H]1C. The van der Waals surface area contributed by atoms with Crippen molar-refractivity contribution in [1.82, 2.24) is 0 Å². The van der Waals surface area contributed by atoms with Gasteiger partial charge in [0.15, 0.2) is 5.60 Å². The molecule has 2 aromatic rings. The number of carbonyl (C=O) groups excluding carboxylic acids is 2. The number of ether oxygens (including phenoxy) is 3. The largest absolute Gasteiger partial charge is 0.448 e. The number of benzene rings is 2. The van der Waals surface area contributed by atoms with E-state index in [-0.39, 0.29) is 12.0 Å². The molecule has 2 aromatic carbocycles. The first-order valence-electron chi connectivity index (χ1n) is 9.82. The van der Waals surface area contributed by atoms with E-state index in [4.69, 9.17) is 14.2 Å². The molecule has 4 atom stereocenters. The fourth-order valence-electron chi connectivity index (χ4n) is 3.73. The molecule has 0 amide bonds. The second-order valence-corrected chi connectivity index (χ2v) is 7.18. The topological polar surface area (TPSA) is 61.8 Å². The minimum atomic E-state index is -1.15. The van der Waals surface area contributed by atoms with Crippen molar-refractivity contribution in [1.29, 1.82) is 0 Å². The van der Waals surface area contributed by atoms with Gasteiger partial charge < -0.3 is 14.2 Å². The molecular formula is C24H26O5. The van der Waals surface area contributed by atoms with E-state index in [0.717, 1.165) is 0 Å². The molecule has 1 fully saturated rings. The van der Waals surface area contributed by atoms with Gasteiger partial charge in [0, 0.05) is 12.3 Å². The predicted molar refractivity (Wildman–Crippen MR) is 109 cm³/mol. The maximum atomic E-state index is 12.9. The van der Waals surface area contributed by atoms with E-state index in [9.17, 15) is 9.59 Å². The molecule has 0 aromatic heterocycles. The summed E-state index contributed by atoms with van der Waals surface area (Å²) >= 11 is 0. The molecule has 5 nitrogen and oxygen atoms in total. The molecule has 29 heavy (non-hydrogen) atoms. The lowest BCUT2D eigenvalue weighted by molar-refractivity contribution is -0.175. The third-order valence-corrected chi connectivity index (χ3v) is 5.41. The van der Waals surface area contributed by atoms with Crippen molar-refractivity contribution < 1.29 is 23.8 Å². The highest BCUT2D eigenvalue weighted by molar-refractivity contribution is 5.90. The Kier molecular flexibility index (Phi) is 6.49. The van der Waals surface area contributed by atoms with Crippen LogP contribution in [0.3, 0.4) is 0 Å². The summed E-state index contributed by atoms with van der Waals surface area (Å²) in [5.74, 6) is -1.20. The van der Waals surface area contributed by atoms with Crippen LogP contribution in [0.15, 0.2) is 73.3 Å². The predicted octanol–water partition coefficient (Wildman–Crippen LogP) is 4.79. The van der Waals surface area contributed by atoms with Crippen LogP contribution in [0.25, 0.3) is 0 Å². The Morgan fingerprint density at radius 3 is 2.10 bits per heavy atom. The van der Waals surface area contributed by atoms with Gasteiger partial charge in [-0.25, -0.2) is 9.59 Å². The molecule has 3 rings (SSSR count).